The van der Waals surface area contributed by atoms with Gasteiger partial charge in [0.05, 0.1) is 11.4 Å². The van der Waals surface area contributed by atoms with Gasteiger partial charge < -0.3 is 4.74 Å². The number of nitrogens with one attached hydrogen (secondary N) is 2. The van der Waals surface area contributed by atoms with E-state index in [9.17, 15) is 4.79 Å². The quantitative estimate of drug-likeness (QED) is 0.223. The van der Waals surface area contributed by atoms with Crippen molar-refractivity contribution in [2.45, 2.75) is 13.5 Å². The fourth-order valence-corrected chi connectivity index (χ4v) is 3.40. The zero-order valence-corrected chi connectivity index (χ0v) is 20.0. The third-order valence-electron chi connectivity index (χ3n) is 4.88. The van der Waals surface area contributed by atoms with Gasteiger partial charge in [0.1, 0.15) is 18.1 Å². The fourth-order valence-electron chi connectivity index (χ4n) is 3.01. The standard InChI is InChI=1S/C25H20BrClN4O2/c1-16(18-4-8-20(26)9-5-18)28-31-25(32)24-14-23(29-30-24)19-6-12-22(13-7-19)33-15-17-2-10-21(27)11-3-17/h2-14H,15H2,1H3,(H,29,30)(H,31,32)/b28-16+. The van der Waals surface area contributed by atoms with E-state index in [-0.39, 0.29) is 5.91 Å². The molecule has 8 heteroatoms. The Kier molecular flexibility index (Phi) is 7.22. The van der Waals surface area contributed by atoms with Crippen molar-refractivity contribution in [3.05, 3.63) is 105 Å². The second kappa shape index (κ2) is 10.5. The molecule has 0 unspecified atom stereocenters. The number of hydrogen-bond acceptors (Lipinski definition) is 4. The van der Waals surface area contributed by atoms with E-state index in [4.69, 9.17) is 16.3 Å². The van der Waals surface area contributed by atoms with Crippen molar-refractivity contribution in [1.29, 1.82) is 0 Å². The molecule has 166 valence electrons. The molecule has 4 aromatic rings. The smallest absolute Gasteiger partial charge is 0.289 e. The average molecular weight is 524 g/mol. The molecule has 1 aromatic heterocycles. The van der Waals surface area contributed by atoms with Crippen LogP contribution in [0.3, 0.4) is 0 Å². The number of hydrazone groups is 1. The molecule has 2 N–H and O–H groups in total. The first kappa shape index (κ1) is 22.8. The molecule has 0 aliphatic rings. The number of H-pyrrole nitrogens is 1. The highest BCUT2D eigenvalue weighted by Gasteiger charge is 2.11. The second-order valence-electron chi connectivity index (χ2n) is 7.25. The number of ether oxygens (including phenoxy) is 1. The third-order valence-corrected chi connectivity index (χ3v) is 5.66. The Morgan fingerprint density at radius 1 is 1.06 bits per heavy atom. The van der Waals surface area contributed by atoms with Crippen LogP contribution in [0, 0.1) is 0 Å². The summed E-state index contributed by atoms with van der Waals surface area (Å²) in [6.45, 7) is 2.28. The van der Waals surface area contributed by atoms with Gasteiger partial charge in [0.15, 0.2) is 0 Å². The highest BCUT2D eigenvalue weighted by atomic mass is 79.9. The molecule has 0 saturated carbocycles. The number of benzene rings is 3. The van der Waals surface area contributed by atoms with Crippen molar-refractivity contribution < 1.29 is 9.53 Å². The van der Waals surface area contributed by atoms with Gasteiger partial charge in [0.25, 0.3) is 5.91 Å². The Labute approximate surface area is 204 Å². The molecule has 0 radical (unpaired) electrons. The lowest BCUT2D eigenvalue weighted by Crippen LogP contribution is -2.19. The van der Waals surface area contributed by atoms with Crippen molar-refractivity contribution in [2.24, 2.45) is 5.10 Å². The molecule has 0 fully saturated rings. The molecule has 6 nitrogen and oxygen atoms in total. The van der Waals surface area contributed by atoms with Crippen LogP contribution >= 0.6 is 27.5 Å². The number of halogens is 2. The van der Waals surface area contributed by atoms with E-state index in [0.29, 0.717) is 28.7 Å². The molecule has 0 aliphatic heterocycles. The van der Waals surface area contributed by atoms with Crippen molar-refractivity contribution in [2.75, 3.05) is 0 Å². The van der Waals surface area contributed by atoms with E-state index in [1.165, 1.54) is 0 Å². The maximum absolute atomic E-state index is 12.4. The van der Waals surface area contributed by atoms with Gasteiger partial charge >= 0.3 is 0 Å². The molecule has 0 bridgehead atoms. The number of hydrogen-bond donors (Lipinski definition) is 2. The summed E-state index contributed by atoms with van der Waals surface area (Å²) >= 11 is 9.31. The van der Waals surface area contributed by atoms with Gasteiger partial charge in [0.2, 0.25) is 0 Å². The first-order valence-corrected chi connectivity index (χ1v) is 11.3. The lowest BCUT2D eigenvalue weighted by molar-refractivity contribution is 0.0950. The summed E-state index contributed by atoms with van der Waals surface area (Å²) in [5.41, 5.74) is 7.04. The Morgan fingerprint density at radius 2 is 1.76 bits per heavy atom. The summed E-state index contributed by atoms with van der Waals surface area (Å²) in [4.78, 5) is 12.4. The minimum absolute atomic E-state index is 0.320. The van der Waals surface area contributed by atoms with Crippen LogP contribution in [0.4, 0.5) is 0 Å². The van der Waals surface area contributed by atoms with Crippen LogP contribution in [-0.4, -0.2) is 21.8 Å². The summed E-state index contributed by atoms with van der Waals surface area (Å²) in [5.74, 6) is 0.369. The summed E-state index contributed by atoms with van der Waals surface area (Å²) in [7, 11) is 0. The van der Waals surface area contributed by atoms with E-state index in [1.54, 1.807) is 6.07 Å². The molecule has 3 aromatic carbocycles. The second-order valence-corrected chi connectivity index (χ2v) is 8.60. The number of aromatic amines is 1. The van der Waals surface area contributed by atoms with Crippen molar-refractivity contribution in [3.63, 3.8) is 0 Å². The Hall–Kier alpha value is -3.42. The van der Waals surface area contributed by atoms with E-state index >= 15 is 0 Å². The van der Waals surface area contributed by atoms with Crippen molar-refractivity contribution >= 4 is 39.1 Å². The number of carbonyl (C=O) groups excluding carboxylic acids is 1. The predicted octanol–water partition coefficient (Wildman–Crippen LogP) is 6.23. The third kappa shape index (κ3) is 6.09. The van der Waals surface area contributed by atoms with Gasteiger partial charge in [0, 0.05) is 15.1 Å². The first-order chi connectivity index (χ1) is 16.0. The van der Waals surface area contributed by atoms with Gasteiger partial charge in [-0.2, -0.15) is 10.2 Å². The summed E-state index contributed by atoms with van der Waals surface area (Å²) in [5, 5.41) is 11.9. The number of aromatic nitrogens is 2. The van der Waals surface area contributed by atoms with E-state index in [0.717, 1.165) is 26.9 Å². The molecule has 0 saturated heterocycles. The summed E-state index contributed by atoms with van der Waals surface area (Å²) in [6, 6.07) is 24.4. The molecule has 33 heavy (non-hydrogen) atoms. The molecular formula is C25H20BrClN4O2. The van der Waals surface area contributed by atoms with Crippen LogP contribution in [0.15, 0.2) is 88.4 Å². The van der Waals surface area contributed by atoms with Crippen LogP contribution in [0.5, 0.6) is 5.75 Å². The molecule has 0 atom stereocenters. The number of nitrogens with zero attached hydrogens (tertiary/aromatic N) is 2. The molecule has 1 heterocycles. The molecule has 1 amide bonds. The zero-order valence-electron chi connectivity index (χ0n) is 17.7. The predicted molar refractivity (Wildman–Crippen MR) is 134 cm³/mol. The minimum Gasteiger partial charge on any atom is -0.489 e. The van der Waals surface area contributed by atoms with Crippen LogP contribution in [0.2, 0.25) is 5.02 Å². The average Bonchev–Trinajstić information content (AvgIpc) is 3.33. The van der Waals surface area contributed by atoms with Crippen molar-refractivity contribution in [3.8, 4) is 17.0 Å². The lowest BCUT2D eigenvalue weighted by atomic mass is 10.1. The van der Waals surface area contributed by atoms with E-state index in [2.05, 4.69) is 36.7 Å². The Bertz CT molecular complexity index is 1270. The normalized spacial score (nSPS) is 11.3. The monoisotopic (exact) mass is 522 g/mol. The molecule has 4 rings (SSSR count). The van der Waals surface area contributed by atoms with Gasteiger partial charge in [-0.05, 0) is 72.6 Å². The van der Waals surface area contributed by atoms with Crippen LogP contribution in [-0.2, 0) is 6.61 Å². The maximum atomic E-state index is 12.4. The van der Waals surface area contributed by atoms with Crippen LogP contribution in [0.25, 0.3) is 11.3 Å². The van der Waals surface area contributed by atoms with Gasteiger partial charge in [-0.3, -0.25) is 9.89 Å². The molecule has 0 spiro atoms. The van der Waals surface area contributed by atoms with Crippen LogP contribution < -0.4 is 10.2 Å². The SMILES string of the molecule is C/C(=N\NC(=O)c1cc(-c2ccc(OCc3ccc(Cl)cc3)cc2)n[nH]1)c1ccc(Br)cc1. The van der Waals surface area contributed by atoms with Gasteiger partial charge in [-0.1, -0.05) is 51.8 Å². The van der Waals surface area contributed by atoms with Gasteiger partial charge in [-0.25, -0.2) is 5.43 Å². The number of amides is 1. The zero-order chi connectivity index (χ0) is 23.2. The lowest BCUT2D eigenvalue weighted by Gasteiger charge is -2.07. The van der Waals surface area contributed by atoms with E-state index in [1.807, 2.05) is 79.7 Å². The van der Waals surface area contributed by atoms with E-state index < -0.39 is 0 Å². The first-order valence-electron chi connectivity index (χ1n) is 10.1. The van der Waals surface area contributed by atoms with Crippen LogP contribution in [0.1, 0.15) is 28.5 Å². The van der Waals surface area contributed by atoms with Crippen molar-refractivity contribution in [1.82, 2.24) is 15.6 Å². The topological polar surface area (TPSA) is 79.4 Å². The molecular weight excluding hydrogens is 504 g/mol. The highest BCUT2D eigenvalue weighted by molar-refractivity contribution is 9.10. The summed E-state index contributed by atoms with van der Waals surface area (Å²) in [6.07, 6.45) is 0. The largest absolute Gasteiger partial charge is 0.489 e. The Balaban J connectivity index is 1.36. The Morgan fingerprint density at radius 3 is 2.45 bits per heavy atom. The number of rotatable bonds is 7. The number of carbonyl (C=O) groups is 1. The fraction of sp³-hybridized carbons (Fsp3) is 0.0800. The highest BCUT2D eigenvalue weighted by Crippen LogP contribution is 2.22. The summed E-state index contributed by atoms with van der Waals surface area (Å²) < 4.78 is 6.79. The minimum atomic E-state index is -0.367. The molecule has 0 aliphatic carbocycles. The maximum Gasteiger partial charge on any atom is 0.289 e. The van der Waals surface area contributed by atoms with Gasteiger partial charge in [-0.15, -0.1) is 0 Å².